The average Bonchev–Trinajstić information content (AvgIpc) is 1.91. The lowest BCUT2D eigenvalue weighted by atomic mass is 10.2. The van der Waals surface area contributed by atoms with Gasteiger partial charge < -0.3 is 16.3 Å². The Kier molecular flexibility index (Phi) is 514. The molecule has 1 atom stereocenters. The van der Waals surface area contributed by atoms with E-state index in [0.717, 1.165) is 0 Å². The van der Waals surface area contributed by atoms with Crippen molar-refractivity contribution < 1.29 is 9.59 Å². The molecule has 0 radical (unpaired) electrons. The minimum Gasteiger partial charge on any atom is -0.370 e. The maximum Gasteiger partial charge on any atom is 0.219 e. The van der Waals surface area contributed by atoms with E-state index in [1.54, 1.807) is 0 Å². The van der Waals surface area contributed by atoms with Gasteiger partial charge in [-0.05, 0) is 0 Å². The Hall–Kier alpha value is -1.16. The maximum absolute atomic E-state index is 9.95. The lowest BCUT2D eigenvalue weighted by Crippen LogP contribution is -2.28. The molecule has 0 aromatic heterocycles. The van der Waals surface area contributed by atoms with Crippen molar-refractivity contribution >= 4 is 12.2 Å². The Balaban J connectivity index is -0.00000000618. The zero-order valence-electron chi connectivity index (χ0n) is 5.75. The molecule has 1 amide bonds. The topological polar surface area (TPSA) is 86.2 Å². The molecule has 19 heavy (non-hydrogen) atoms. The zero-order valence-corrected chi connectivity index (χ0v) is 5.75. The van der Waals surface area contributed by atoms with Crippen molar-refractivity contribution in [3.05, 3.63) is 13.2 Å². The number of hydrogen-bond donors (Lipinski definition) is 2. The highest BCUT2D eigenvalue weighted by atomic mass is 16.1. The van der Waals surface area contributed by atoms with Crippen LogP contribution < -0.4 is 11.5 Å². The number of rotatable bonds is 3. The first kappa shape index (κ1) is 108. The van der Waals surface area contributed by atoms with Crippen molar-refractivity contribution in [2.24, 2.45) is 11.5 Å². The van der Waals surface area contributed by atoms with E-state index in [1.807, 2.05) is 0 Å². The Bertz CT molecular complexity index is 119. The molecule has 4 nitrogen and oxygen atoms in total. The standard InChI is InChI=1S/C4H8N2O2.C2H4.9CH4/c5-3(2-7)1-4(6)8;1-2;;;;;;;;;/h2-3H,1,5H2,(H2,6,8);1-2H2;9*1H4/t3-;;;;;;;;;;/m1........../s1. The van der Waals surface area contributed by atoms with E-state index in [1.165, 1.54) is 0 Å². The molecule has 0 saturated heterocycles. The van der Waals surface area contributed by atoms with Crippen LogP contribution in [0.5, 0.6) is 0 Å². The highest BCUT2D eigenvalue weighted by Gasteiger charge is 2.02. The van der Waals surface area contributed by atoms with Gasteiger partial charge in [-0.15, -0.1) is 13.2 Å². The molecule has 0 aromatic carbocycles. The molecule has 0 saturated carbocycles. The molecule has 0 heterocycles. The predicted molar refractivity (Wildman–Crippen MR) is 99.7 cm³/mol. The van der Waals surface area contributed by atoms with Crippen molar-refractivity contribution in [2.45, 2.75) is 79.3 Å². The Morgan fingerprint density at radius 2 is 1.11 bits per heavy atom. The Morgan fingerprint density at radius 3 is 1.16 bits per heavy atom. The molecule has 4 N–H and O–H groups in total. The molecule has 0 bridgehead atoms. The molecule has 0 rings (SSSR count). The third-order valence-electron chi connectivity index (χ3n) is 0.612. The molecular formula is C15H48N2O2. The number of amides is 1. The van der Waals surface area contributed by atoms with Crippen LogP contribution in [-0.2, 0) is 9.59 Å². The second-order valence-electron chi connectivity index (χ2n) is 1.47. The van der Waals surface area contributed by atoms with Crippen molar-refractivity contribution in [1.29, 1.82) is 0 Å². The van der Waals surface area contributed by atoms with Crippen LogP contribution in [0.3, 0.4) is 0 Å². The van der Waals surface area contributed by atoms with Crippen molar-refractivity contribution in [3.8, 4) is 0 Å². The highest BCUT2D eigenvalue weighted by molar-refractivity contribution is 5.78. The van der Waals surface area contributed by atoms with Crippen LogP contribution in [0.2, 0.25) is 0 Å². The summed E-state index contributed by atoms with van der Waals surface area (Å²) < 4.78 is 0. The zero-order chi connectivity index (χ0) is 8.57. The molecule has 0 unspecified atom stereocenters. The molecule has 0 fully saturated rings. The second-order valence-corrected chi connectivity index (χ2v) is 1.47. The van der Waals surface area contributed by atoms with Gasteiger partial charge in [0.1, 0.15) is 6.29 Å². The van der Waals surface area contributed by atoms with Crippen LogP contribution in [0.15, 0.2) is 13.2 Å². The second kappa shape index (κ2) is 90.3. The lowest BCUT2D eigenvalue weighted by molar-refractivity contribution is -0.120. The summed E-state index contributed by atoms with van der Waals surface area (Å²) in [6.45, 7) is 6.00. The van der Waals surface area contributed by atoms with Crippen LogP contribution in [-0.4, -0.2) is 18.2 Å². The molecule has 0 aliphatic rings. The molecule has 0 aliphatic heterocycles. The fraction of sp³-hybridized carbons (Fsp3) is 0.733. The van der Waals surface area contributed by atoms with Crippen LogP contribution >= 0.6 is 0 Å². The largest absolute Gasteiger partial charge is 0.370 e. The Morgan fingerprint density at radius 1 is 0.895 bits per heavy atom. The minimum atomic E-state index is -0.729. The van der Waals surface area contributed by atoms with Crippen LogP contribution in [0.25, 0.3) is 0 Å². The van der Waals surface area contributed by atoms with Crippen molar-refractivity contribution in [1.82, 2.24) is 0 Å². The van der Waals surface area contributed by atoms with E-state index in [2.05, 4.69) is 13.2 Å². The Labute approximate surface area is 126 Å². The summed E-state index contributed by atoms with van der Waals surface area (Å²) in [7, 11) is 0. The minimum absolute atomic E-state index is 0. The highest BCUT2D eigenvalue weighted by Crippen LogP contribution is 1.78. The molecule has 130 valence electrons. The first-order chi connectivity index (χ1) is 4.66. The van der Waals surface area contributed by atoms with Crippen LogP contribution in [0, 0.1) is 0 Å². The number of aldehydes is 1. The summed E-state index contributed by atoms with van der Waals surface area (Å²) in [5, 5.41) is 0. The fourth-order valence-corrected chi connectivity index (χ4v) is 0.280. The molecular weight excluding hydrogens is 240 g/mol. The summed E-state index contributed by atoms with van der Waals surface area (Å²) in [6, 6.07) is -0.729. The van der Waals surface area contributed by atoms with Crippen LogP contribution in [0.1, 0.15) is 73.3 Å². The number of hydrogen-bond acceptors (Lipinski definition) is 3. The van der Waals surface area contributed by atoms with E-state index < -0.39 is 11.9 Å². The molecule has 0 aromatic rings. The van der Waals surface area contributed by atoms with Gasteiger partial charge in [-0.1, -0.05) is 66.8 Å². The van der Waals surface area contributed by atoms with Gasteiger partial charge in [-0.25, -0.2) is 0 Å². The monoisotopic (exact) mass is 288 g/mol. The normalized spacial score (nSPS) is 5.53. The molecule has 4 heteroatoms. The van der Waals surface area contributed by atoms with Gasteiger partial charge in [-0.2, -0.15) is 0 Å². The number of nitrogens with two attached hydrogens (primary N) is 2. The summed E-state index contributed by atoms with van der Waals surface area (Å²) in [5.41, 5.74) is 9.70. The average molecular weight is 289 g/mol. The SMILES string of the molecule is C.C.C.C.C.C.C.C.C.C=C.NC(=O)C[C@@H](N)C=O. The summed E-state index contributed by atoms with van der Waals surface area (Å²) in [5.74, 6) is -0.551. The fourth-order valence-electron chi connectivity index (χ4n) is 0.280. The first-order valence-electron chi connectivity index (χ1n) is 2.66. The number of primary amides is 1. The summed E-state index contributed by atoms with van der Waals surface area (Å²) in [6.07, 6.45) is 0.425. The van der Waals surface area contributed by atoms with Gasteiger partial charge >= 0.3 is 0 Å². The van der Waals surface area contributed by atoms with E-state index in [0.29, 0.717) is 6.29 Å². The van der Waals surface area contributed by atoms with Crippen molar-refractivity contribution in [3.63, 3.8) is 0 Å². The van der Waals surface area contributed by atoms with Gasteiger partial charge in [0.05, 0.1) is 6.04 Å². The third-order valence-corrected chi connectivity index (χ3v) is 0.612. The smallest absolute Gasteiger partial charge is 0.219 e. The summed E-state index contributed by atoms with van der Waals surface area (Å²) >= 11 is 0. The van der Waals surface area contributed by atoms with Gasteiger partial charge in [0.15, 0.2) is 0 Å². The summed E-state index contributed by atoms with van der Waals surface area (Å²) in [4.78, 5) is 19.7. The number of carbonyl (C=O) groups excluding carboxylic acids is 2. The third kappa shape index (κ3) is 158. The molecule has 0 aliphatic carbocycles. The van der Waals surface area contributed by atoms with Crippen LogP contribution in [0.4, 0.5) is 0 Å². The molecule has 0 spiro atoms. The van der Waals surface area contributed by atoms with Gasteiger partial charge in [0.2, 0.25) is 5.91 Å². The lowest BCUT2D eigenvalue weighted by Gasteiger charge is -1.95. The number of carbonyl (C=O) groups is 2. The van der Waals surface area contributed by atoms with E-state index >= 15 is 0 Å². The van der Waals surface area contributed by atoms with Gasteiger partial charge in [-0.3, -0.25) is 4.79 Å². The first-order valence-corrected chi connectivity index (χ1v) is 2.66. The van der Waals surface area contributed by atoms with Crippen molar-refractivity contribution in [2.75, 3.05) is 0 Å². The van der Waals surface area contributed by atoms with E-state index in [9.17, 15) is 9.59 Å². The van der Waals surface area contributed by atoms with E-state index in [4.69, 9.17) is 11.5 Å². The van der Waals surface area contributed by atoms with Gasteiger partial charge in [0, 0.05) is 6.42 Å². The maximum atomic E-state index is 9.95. The van der Waals surface area contributed by atoms with E-state index in [-0.39, 0.29) is 73.3 Å². The quantitative estimate of drug-likeness (QED) is 0.571. The van der Waals surface area contributed by atoms with Gasteiger partial charge in [0.25, 0.3) is 0 Å². The predicted octanol–water partition coefficient (Wildman–Crippen LogP) is 4.92.